The third kappa shape index (κ3) is 2.88. The number of hydrogen-bond acceptors (Lipinski definition) is 6. The Morgan fingerprint density at radius 2 is 2.28 bits per heavy atom. The molecule has 0 aliphatic rings. The van der Waals surface area contributed by atoms with Crippen molar-refractivity contribution in [3.05, 3.63) is 18.2 Å². The summed E-state index contributed by atoms with van der Waals surface area (Å²) in [5.74, 6) is 0.795. The number of thioether (sulfide) groups is 1. The van der Waals surface area contributed by atoms with Crippen molar-refractivity contribution in [2.75, 3.05) is 6.54 Å². The first-order valence-corrected chi connectivity index (χ1v) is 6.80. The zero-order valence-corrected chi connectivity index (χ0v) is 11.3. The number of nitrogens with zero attached hydrogens (tertiary/aromatic N) is 6. The summed E-state index contributed by atoms with van der Waals surface area (Å²) in [6.07, 6.45) is 3.73. The average molecular weight is 267 g/mol. The molecule has 0 saturated carbocycles. The van der Waals surface area contributed by atoms with E-state index in [1.807, 2.05) is 12.5 Å². The third-order valence-electron chi connectivity index (χ3n) is 2.49. The molecule has 0 unspecified atom stereocenters. The van der Waals surface area contributed by atoms with Gasteiger partial charge in [0.2, 0.25) is 5.16 Å². The molecule has 0 aliphatic heterocycles. The van der Waals surface area contributed by atoms with Crippen molar-refractivity contribution in [1.29, 1.82) is 0 Å². The molecular formula is C10H17N7S. The number of tetrazole rings is 1. The highest BCUT2D eigenvalue weighted by Gasteiger charge is 2.10. The molecule has 0 aliphatic carbocycles. The molecule has 2 heterocycles. The van der Waals surface area contributed by atoms with Gasteiger partial charge >= 0.3 is 0 Å². The molecule has 2 aromatic heterocycles. The van der Waals surface area contributed by atoms with E-state index in [0.717, 1.165) is 16.6 Å². The minimum atomic E-state index is 0.406. The summed E-state index contributed by atoms with van der Waals surface area (Å²) in [5, 5.41) is 12.3. The Morgan fingerprint density at radius 3 is 3.00 bits per heavy atom. The Labute approximate surface area is 110 Å². The SMILES string of the molecule is CC(C)n1cncc1CSc1nnnn1CCN. The van der Waals surface area contributed by atoms with Gasteiger partial charge in [-0.05, 0) is 24.3 Å². The van der Waals surface area contributed by atoms with Crippen LogP contribution < -0.4 is 5.73 Å². The van der Waals surface area contributed by atoms with E-state index in [4.69, 9.17) is 5.73 Å². The van der Waals surface area contributed by atoms with Crippen LogP contribution >= 0.6 is 11.8 Å². The Balaban J connectivity index is 2.02. The Bertz CT molecular complexity index is 490. The molecule has 2 rings (SSSR count). The van der Waals surface area contributed by atoms with E-state index in [-0.39, 0.29) is 0 Å². The average Bonchev–Trinajstić information content (AvgIpc) is 2.95. The molecule has 0 spiro atoms. The second kappa shape index (κ2) is 5.96. The van der Waals surface area contributed by atoms with Crippen molar-refractivity contribution in [3.63, 3.8) is 0 Å². The standard InChI is InChI=1S/C10H17N7S/c1-8(2)16-7-12-5-9(16)6-18-10-13-14-15-17(10)4-3-11/h5,7-8H,3-4,6,11H2,1-2H3. The molecular weight excluding hydrogens is 250 g/mol. The maximum absolute atomic E-state index is 5.50. The molecule has 18 heavy (non-hydrogen) atoms. The lowest BCUT2D eigenvalue weighted by molar-refractivity contribution is 0.556. The van der Waals surface area contributed by atoms with Gasteiger partial charge < -0.3 is 10.3 Å². The molecule has 0 fully saturated rings. The zero-order valence-electron chi connectivity index (χ0n) is 10.5. The second-order valence-corrected chi connectivity index (χ2v) is 5.09. The normalized spacial score (nSPS) is 11.3. The smallest absolute Gasteiger partial charge is 0.209 e. The molecule has 2 N–H and O–H groups in total. The highest BCUT2D eigenvalue weighted by molar-refractivity contribution is 7.98. The molecule has 0 amide bonds. The minimum absolute atomic E-state index is 0.406. The molecule has 0 saturated heterocycles. The van der Waals surface area contributed by atoms with E-state index in [1.54, 1.807) is 16.4 Å². The van der Waals surface area contributed by atoms with Crippen molar-refractivity contribution in [2.45, 2.75) is 37.3 Å². The molecule has 0 radical (unpaired) electrons. The molecule has 8 heteroatoms. The van der Waals surface area contributed by atoms with E-state index >= 15 is 0 Å². The van der Waals surface area contributed by atoms with Crippen LogP contribution in [0.4, 0.5) is 0 Å². The molecule has 98 valence electrons. The summed E-state index contributed by atoms with van der Waals surface area (Å²) in [7, 11) is 0. The summed E-state index contributed by atoms with van der Waals surface area (Å²) >= 11 is 1.59. The lowest BCUT2D eigenvalue weighted by atomic mass is 10.4. The van der Waals surface area contributed by atoms with Crippen molar-refractivity contribution >= 4 is 11.8 Å². The first-order valence-electron chi connectivity index (χ1n) is 5.82. The quantitative estimate of drug-likeness (QED) is 0.775. The Hall–Kier alpha value is -1.41. The third-order valence-corrected chi connectivity index (χ3v) is 3.48. The Kier molecular flexibility index (Phi) is 4.32. The van der Waals surface area contributed by atoms with Gasteiger partial charge in [-0.1, -0.05) is 11.8 Å². The van der Waals surface area contributed by atoms with Crippen LogP contribution in [-0.2, 0) is 12.3 Å². The summed E-state index contributed by atoms with van der Waals surface area (Å²) in [6, 6.07) is 0.406. The summed E-state index contributed by atoms with van der Waals surface area (Å²) in [6.45, 7) is 5.43. The van der Waals surface area contributed by atoms with Gasteiger partial charge in [0.25, 0.3) is 0 Å². The van der Waals surface area contributed by atoms with Crippen molar-refractivity contribution in [1.82, 2.24) is 29.8 Å². The number of hydrogen-bond donors (Lipinski definition) is 1. The van der Waals surface area contributed by atoms with Gasteiger partial charge in [0.15, 0.2) is 0 Å². The number of rotatable bonds is 6. The molecule has 0 aromatic carbocycles. The maximum Gasteiger partial charge on any atom is 0.209 e. The van der Waals surface area contributed by atoms with Crippen LogP contribution in [0.1, 0.15) is 25.6 Å². The van der Waals surface area contributed by atoms with Crippen LogP contribution in [0.15, 0.2) is 17.7 Å². The predicted octanol–water partition coefficient (Wildman–Crippen LogP) is 0.702. The first kappa shape index (κ1) is 13.0. The zero-order chi connectivity index (χ0) is 13.0. The van der Waals surface area contributed by atoms with Crippen molar-refractivity contribution < 1.29 is 0 Å². The van der Waals surface area contributed by atoms with Crippen LogP contribution in [0.25, 0.3) is 0 Å². The largest absolute Gasteiger partial charge is 0.331 e. The van der Waals surface area contributed by atoms with E-state index in [1.165, 1.54) is 0 Å². The van der Waals surface area contributed by atoms with Crippen LogP contribution in [0.5, 0.6) is 0 Å². The highest BCUT2D eigenvalue weighted by Crippen LogP contribution is 2.21. The van der Waals surface area contributed by atoms with E-state index in [0.29, 0.717) is 19.1 Å². The number of imidazole rings is 1. The lowest BCUT2D eigenvalue weighted by Crippen LogP contribution is -2.12. The van der Waals surface area contributed by atoms with Crippen LogP contribution in [-0.4, -0.2) is 36.3 Å². The van der Waals surface area contributed by atoms with E-state index in [9.17, 15) is 0 Å². The maximum atomic E-state index is 5.50. The van der Waals surface area contributed by atoms with E-state index < -0.39 is 0 Å². The minimum Gasteiger partial charge on any atom is -0.331 e. The topological polar surface area (TPSA) is 87.4 Å². The molecule has 7 nitrogen and oxygen atoms in total. The van der Waals surface area contributed by atoms with E-state index in [2.05, 4.69) is 38.9 Å². The van der Waals surface area contributed by atoms with Crippen LogP contribution in [0, 0.1) is 0 Å². The monoisotopic (exact) mass is 267 g/mol. The van der Waals surface area contributed by atoms with Gasteiger partial charge in [-0.3, -0.25) is 0 Å². The van der Waals surface area contributed by atoms with Gasteiger partial charge in [0.05, 0.1) is 12.9 Å². The fourth-order valence-corrected chi connectivity index (χ4v) is 2.48. The van der Waals surface area contributed by atoms with Crippen LogP contribution in [0.2, 0.25) is 0 Å². The lowest BCUT2D eigenvalue weighted by Gasteiger charge is -2.10. The predicted molar refractivity (Wildman–Crippen MR) is 69.0 cm³/mol. The van der Waals surface area contributed by atoms with Crippen molar-refractivity contribution in [3.8, 4) is 0 Å². The van der Waals surface area contributed by atoms with Crippen LogP contribution in [0.3, 0.4) is 0 Å². The van der Waals surface area contributed by atoms with Gasteiger partial charge in [-0.25, -0.2) is 9.67 Å². The Morgan fingerprint density at radius 1 is 1.44 bits per heavy atom. The highest BCUT2D eigenvalue weighted by atomic mass is 32.2. The first-order chi connectivity index (χ1) is 8.72. The summed E-state index contributed by atoms with van der Waals surface area (Å²) < 4.78 is 3.87. The fourth-order valence-electron chi connectivity index (χ4n) is 1.61. The summed E-state index contributed by atoms with van der Waals surface area (Å²) in [5.41, 5.74) is 6.67. The van der Waals surface area contributed by atoms with Gasteiger partial charge in [0.1, 0.15) is 0 Å². The van der Waals surface area contributed by atoms with Gasteiger partial charge in [-0.2, -0.15) is 0 Å². The summed E-state index contributed by atoms with van der Waals surface area (Å²) in [4.78, 5) is 4.17. The van der Waals surface area contributed by atoms with Crippen molar-refractivity contribution in [2.24, 2.45) is 5.73 Å². The molecule has 0 atom stereocenters. The second-order valence-electron chi connectivity index (χ2n) is 4.15. The number of nitrogens with two attached hydrogens (primary N) is 1. The number of aromatic nitrogens is 6. The molecule has 0 bridgehead atoms. The van der Waals surface area contributed by atoms with Gasteiger partial charge in [0, 0.05) is 30.2 Å². The van der Waals surface area contributed by atoms with Gasteiger partial charge in [-0.15, -0.1) is 5.10 Å². The fraction of sp³-hybridized carbons (Fsp3) is 0.600. The molecule has 2 aromatic rings.